The molecule has 0 saturated carbocycles. The second-order valence-corrected chi connectivity index (χ2v) is 8.83. The Bertz CT molecular complexity index is 1310. The molecule has 9 nitrogen and oxygen atoms in total. The number of amides is 1. The van der Waals surface area contributed by atoms with Gasteiger partial charge in [-0.1, -0.05) is 6.07 Å². The van der Waals surface area contributed by atoms with Gasteiger partial charge in [0.25, 0.3) is 5.56 Å². The van der Waals surface area contributed by atoms with Crippen molar-refractivity contribution in [1.82, 2.24) is 19.4 Å². The molecule has 3 heterocycles. The van der Waals surface area contributed by atoms with Gasteiger partial charge in [0.2, 0.25) is 5.91 Å². The third-order valence-electron chi connectivity index (χ3n) is 5.67. The summed E-state index contributed by atoms with van der Waals surface area (Å²) in [6.07, 6.45) is 0.584. The number of pyridine rings is 1. The van der Waals surface area contributed by atoms with E-state index in [-0.39, 0.29) is 31.3 Å². The summed E-state index contributed by atoms with van der Waals surface area (Å²) < 4.78 is 7.46. The maximum Gasteiger partial charge on any atom is 0.332 e. The van der Waals surface area contributed by atoms with E-state index in [0.717, 1.165) is 15.0 Å². The molecule has 33 heavy (non-hydrogen) atoms. The number of carbonyl (C=O) groups is 2. The van der Waals surface area contributed by atoms with E-state index >= 15 is 0 Å². The van der Waals surface area contributed by atoms with Gasteiger partial charge in [0.1, 0.15) is 5.65 Å². The van der Waals surface area contributed by atoms with E-state index in [2.05, 4.69) is 10.3 Å². The summed E-state index contributed by atoms with van der Waals surface area (Å²) in [6.45, 7) is 5.63. The molecule has 0 fully saturated rings. The van der Waals surface area contributed by atoms with Crippen LogP contribution in [0.25, 0.3) is 11.0 Å². The van der Waals surface area contributed by atoms with Crippen LogP contribution in [0.2, 0.25) is 0 Å². The second kappa shape index (κ2) is 10.1. The number of aryl methyl sites for hydroxylation is 3. The third kappa shape index (κ3) is 5.05. The number of thiophene rings is 1. The minimum atomic E-state index is -0.463. The van der Waals surface area contributed by atoms with Crippen molar-refractivity contribution in [2.75, 3.05) is 6.61 Å². The lowest BCUT2D eigenvalue weighted by Crippen LogP contribution is -2.38. The Morgan fingerprint density at radius 3 is 2.58 bits per heavy atom. The molecule has 3 rings (SSSR count). The largest absolute Gasteiger partial charge is 0.466 e. The van der Waals surface area contributed by atoms with Gasteiger partial charge < -0.3 is 10.1 Å². The lowest BCUT2D eigenvalue weighted by molar-refractivity contribution is -0.143. The summed E-state index contributed by atoms with van der Waals surface area (Å²) in [5.41, 5.74) is 1.66. The molecule has 1 unspecified atom stereocenters. The molecule has 0 saturated heterocycles. The molecule has 0 aliphatic carbocycles. The molecule has 0 aliphatic heterocycles. The van der Waals surface area contributed by atoms with E-state index in [4.69, 9.17) is 4.74 Å². The van der Waals surface area contributed by atoms with E-state index in [1.165, 1.54) is 23.0 Å². The first kappa shape index (κ1) is 24.4. The molecule has 10 heteroatoms. The topological polar surface area (TPSA) is 112 Å². The van der Waals surface area contributed by atoms with Crippen molar-refractivity contribution in [3.05, 3.63) is 60.0 Å². The van der Waals surface area contributed by atoms with Crippen LogP contribution in [0, 0.1) is 13.8 Å². The van der Waals surface area contributed by atoms with Crippen LogP contribution in [0.5, 0.6) is 0 Å². The van der Waals surface area contributed by atoms with Crippen LogP contribution in [0.1, 0.15) is 47.5 Å². The molecule has 176 valence electrons. The van der Waals surface area contributed by atoms with E-state index in [1.807, 2.05) is 24.4 Å². The van der Waals surface area contributed by atoms with Crippen molar-refractivity contribution in [3.8, 4) is 0 Å². The zero-order valence-corrected chi connectivity index (χ0v) is 20.2. The van der Waals surface area contributed by atoms with Crippen molar-refractivity contribution in [2.24, 2.45) is 14.1 Å². The molecule has 0 bridgehead atoms. The summed E-state index contributed by atoms with van der Waals surface area (Å²) in [7, 11) is 3.02. The number of esters is 1. The van der Waals surface area contributed by atoms with Crippen molar-refractivity contribution in [2.45, 2.75) is 46.1 Å². The van der Waals surface area contributed by atoms with Crippen molar-refractivity contribution in [1.29, 1.82) is 0 Å². The Morgan fingerprint density at radius 1 is 1.21 bits per heavy atom. The first-order chi connectivity index (χ1) is 15.6. The lowest BCUT2D eigenvalue weighted by atomic mass is 9.99. The van der Waals surface area contributed by atoms with Gasteiger partial charge in [0.15, 0.2) is 0 Å². The highest BCUT2D eigenvalue weighted by Crippen LogP contribution is 2.24. The Morgan fingerprint density at radius 2 is 1.94 bits per heavy atom. The molecule has 0 radical (unpaired) electrons. The monoisotopic (exact) mass is 472 g/mol. The second-order valence-electron chi connectivity index (χ2n) is 7.85. The van der Waals surface area contributed by atoms with Crippen LogP contribution in [0.4, 0.5) is 0 Å². The molecule has 1 N–H and O–H groups in total. The number of nitrogens with zero attached hydrogens (tertiary/aromatic N) is 3. The number of fused-ring (bicyclic) bond motifs is 1. The Balaban J connectivity index is 1.83. The fourth-order valence-electron chi connectivity index (χ4n) is 3.91. The molecule has 0 aliphatic rings. The van der Waals surface area contributed by atoms with Crippen LogP contribution < -0.4 is 16.6 Å². The van der Waals surface area contributed by atoms with Crippen LogP contribution >= 0.6 is 11.3 Å². The normalized spacial score (nSPS) is 12.0. The van der Waals surface area contributed by atoms with Gasteiger partial charge in [-0.05, 0) is 49.8 Å². The first-order valence-electron chi connectivity index (χ1n) is 10.7. The standard InChI is InChI=1S/C23H28N4O5S/c1-6-32-19(29)12-16(17-8-7-11-33-17)25-18(28)10-9-15-13(2)20-21(24-14(15)3)26(4)23(31)27(5)22(20)30/h7-8,11,16H,6,9-10,12H2,1-5H3,(H,25,28). The lowest BCUT2D eigenvalue weighted by Gasteiger charge is -2.18. The van der Waals surface area contributed by atoms with Gasteiger partial charge in [-0.15, -0.1) is 11.3 Å². The highest BCUT2D eigenvalue weighted by atomic mass is 32.1. The van der Waals surface area contributed by atoms with Gasteiger partial charge in [0, 0.05) is 31.1 Å². The van der Waals surface area contributed by atoms with Gasteiger partial charge >= 0.3 is 11.7 Å². The van der Waals surface area contributed by atoms with Gasteiger partial charge in [-0.2, -0.15) is 0 Å². The van der Waals surface area contributed by atoms with Crippen molar-refractivity contribution in [3.63, 3.8) is 0 Å². The predicted octanol–water partition coefficient (Wildman–Crippen LogP) is 2.05. The highest BCUT2D eigenvalue weighted by Gasteiger charge is 2.21. The van der Waals surface area contributed by atoms with Gasteiger partial charge in [-0.3, -0.25) is 23.5 Å². The Kier molecular flexibility index (Phi) is 7.47. The molecule has 0 spiro atoms. The fraction of sp³-hybridized carbons (Fsp3) is 0.435. The number of nitrogens with one attached hydrogen (secondary N) is 1. The van der Waals surface area contributed by atoms with Gasteiger partial charge in [0.05, 0.1) is 24.5 Å². The number of rotatable bonds is 8. The third-order valence-corrected chi connectivity index (χ3v) is 6.66. The number of hydrogen-bond acceptors (Lipinski definition) is 7. The number of ether oxygens (including phenoxy) is 1. The molecule has 0 aromatic carbocycles. The molecule has 1 amide bonds. The maximum atomic E-state index is 12.8. The zero-order chi connectivity index (χ0) is 24.3. The molecular weight excluding hydrogens is 444 g/mol. The first-order valence-corrected chi connectivity index (χ1v) is 11.6. The summed E-state index contributed by atoms with van der Waals surface area (Å²) in [4.78, 5) is 55.1. The number of carbonyl (C=O) groups excluding carboxylic acids is 2. The highest BCUT2D eigenvalue weighted by molar-refractivity contribution is 7.10. The summed E-state index contributed by atoms with van der Waals surface area (Å²) in [5.74, 6) is -0.590. The molecule has 1 atom stereocenters. The Labute approximate surface area is 195 Å². The smallest absolute Gasteiger partial charge is 0.332 e. The van der Waals surface area contributed by atoms with E-state index < -0.39 is 17.3 Å². The molecular formula is C23H28N4O5S. The number of hydrogen-bond donors (Lipinski definition) is 1. The minimum absolute atomic E-state index is 0.0553. The fourth-order valence-corrected chi connectivity index (χ4v) is 4.69. The predicted molar refractivity (Wildman–Crippen MR) is 126 cm³/mol. The summed E-state index contributed by atoms with van der Waals surface area (Å²) in [5, 5.41) is 5.20. The van der Waals surface area contributed by atoms with E-state index in [9.17, 15) is 19.2 Å². The quantitative estimate of drug-likeness (QED) is 0.502. The SMILES string of the molecule is CCOC(=O)CC(NC(=O)CCc1c(C)nc2c(c1C)c(=O)n(C)c(=O)n2C)c1cccs1. The number of aromatic nitrogens is 3. The molecule has 3 aromatic rings. The zero-order valence-electron chi connectivity index (χ0n) is 19.4. The Hall–Kier alpha value is -3.27. The van der Waals surface area contributed by atoms with Crippen LogP contribution in [0.3, 0.4) is 0 Å². The minimum Gasteiger partial charge on any atom is -0.466 e. The van der Waals surface area contributed by atoms with Crippen LogP contribution in [0.15, 0.2) is 27.1 Å². The van der Waals surface area contributed by atoms with E-state index in [1.54, 1.807) is 20.9 Å². The maximum absolute atomic E-state index is 12.8. The van der Waals surface area contributed by atoms with Crippen molar-refractivity contribution < 1.29 is 14.3 Å². The average molecular weight is 473 g/mol. The van der Waals surface area contributed by atoms with Gasteiger partial charge in [-0.25, -0.2) is 9.78 Å². The van der Waals surface area contributed by atoms with Crippen LogP contribution in [-0.2, 0) is 34.8 Å². The average Bonchev–Trinajstić information content (AvgIpc) is 3.30. The molecule has 3 aromatic heterocycles. The summed E-state index contributed by atoms with van der Waals surface area (Å²) >= 11 is 1.46. The summed E-state index contributed by atoms with van der Waals surface area (Å²) in [6, 6.07) is 3.28. The van der Waals surface area contributed by atoms with Crippen LogP contribution in [-0.4, -0.2) is 32.6 Å². The van der Waals surface area contributed by atoms with E-state index in [0.29, 0.717) is 28.7 Å². The van der Waals surface area contributed by atoms with Crippen molar-refractivity contribution >= 4 is 34.2 Å².